The summed E-state index contributed by atoms with van der Waals surface area (Å²) in [6.07, 6.45) is -0.911. The molecule has 2 atom stereocenters. The SMILES string of the molecule is NCC(c1ccc(F)cc1Cl)C(O)c1cc(Cl)ccc1Br. The lowest BCUT2D eigenvalue weighted by atomic mass is 9.89. The van der Waals surface area contributed by atoms with E-state index < -0.39 is 17.8 Å². The number of benzene rings is 2. The molecule has 0 aromatic heterocycles. The minimum Gasteiger partial charge on any atom is -0.388 e. The van der Waals surface area contributed by atoms with E-state index in [0.29, 0.717) is 16.1 Å². The van der Waals surface area contributed by atoms with Crippen molar-refractivity contribution in [2.24, 2.45) is 5.73 Å². The van der Waals surface area contributed by atoms with Gasteiger partial charge in [0.1, 0.15) is 5.82 Å². The van der Waals surface area contributed by atoms with Crippen LogP contribution < -0.4 is 5.73 Å². The third-order valence-corrected chi connectivity index (χ3v) is 4.56. The molecule has 0 bridgehead atoms. The Morgan fingerprint density at radius 2 is 1.86 bits per heavy atom. The molecular weight excluding hydrogens is 380 g/mol. The average molecular weight is 393 g/mol. The number of halogens is 4. The van der Waals surface area contributed by atoms with Gasteiger partial charge < -0.3 is 10.8 Å². The van der Waals surface area contributed by atoms with Gasteiger partial charge in [-0.3, -0.25) is 0 Å². The smallest absolute Gasteiger partial charge is 0.124 e. The standard InChI is InChI=1S/C15H13BrCl2FNO/c16-13-4-1-8(17)5-11(13)15(21)12(7-20)10-3-2-9(19)6-14(10)18/h1-6,12,15,21H,7,20H2. The summed E-state index contributed by atoms with van der Waals surface area (Å²) in [6.45, 7) is 0.158. The number of hydrogen-bond donors (Lipinski definition) is 2. The van der Waals surface area contributed by atoms with Crippen molar-refractivity contribution in [2.45, 2.75) is 12.0 Å². The van der Waals surface area contributed by atoms with Gasteiger partial charge in [-0.1, -0.05) is 45.2 Å². The highest BCUT2D eigenvalue weighted by Gasteiger charge is 2.25. The molecule has 2 rings (SSSR count). The molecule has 0 spiro atoms. The maximum absolute atomic E-state index is 13.2. The second-order valence-electron chi connectivity index (χ2n) is 4.62. The molecule has 0 saturated heterocycles. The van der Waals surface area contributed by atoms with Crippen LogP contribution >= 0.6 is 39.1 Å². The van der Waals surface area contributed by atoms with Crippen LogP contribution in [0.1, 0.15) is 23.1 Å². The fourth-order valence-electron chi connectivity index (χ4n) is 2.19. The van der Waals surface area contributed by atoms with Crippen LogP contribution in [0.5, 0.6) is 0 Å². The van der Waals surface area contributed by atoms with Gasteiger partial charge in [0, 0.05) is 27.0 Å². The van der Waals surface area contributed by atoms with Crippen molar-refractivity contribution in [3.05, 3.63) is 67.9 Å². The molecule has 112 valence electrons. The molecule has 0 heterocycles. The molecule has 3 N–H and O–H groups in total. The molecule has 21 heavy (non-hydrogen) atoms. The van der Waals surface area contributed by atoms with E-state index in [1.165, 1.54) is 18.2 Å². The molecule has 2 aromatic carbocycles. The number of aliphatic hydroxyl groups excluding tert-OH is 1. The van der Waals surface area contributed by atoms with Gasteiger partial charge in [-0.05, 0) is 41.5 Å². The summed E-state index contributed by atoms with van der Waals surface area (Å²) in [6, 6.07) is 9.17. The van der Waals surface area contributed by atoms with Gasteiger partial charge in [0.25, 0.3) is 0 Å². The van der Waals surface area contributed by atoms with Crippen molar-refractivity contribution in [3.63, 3.8) is 0 Å². The van der Waals surface area contributed by atoms with Gasteiger partial charge in [-0.25, -0.2) is 4.39 Å². The van der Waals surface area contributed by atoms with Crippen LogP contribution in [0.15, 0.2) is 40.9 Å². The summed E-state index contributed by atoms with van der Waals surface area (Å²) in [7, 11) is 0. The first kappa shape index (κ1) is 16.7. The predicted octanol–water partition coefficient (Wildman–Crippen LogP) is 4.67. The second kappa shape index (κ2) is 7.07. The van der Waals surface area contributed by atoms with Gasteiger partial charge in [0.15, 0.2) is 0 Å². The lowest BCUT2D eigenvalue weighted by Gasteiger charge is -2.24. The number of hydrogen-bond acceptors (Lipinski definition) is 2. The van der Waals surface area contributed by atoms with E-state index >= 15 is 0 Å². The Kier molecular flexibility index (Phi) is 5.63. The average Bonchev–Trinajstić information content (AvgIpc) is 2.44. The van der Waals surface area contributed by atoms with Gasteiger partial charge in [-0.2, -0.15) is 0 Å². The molecule has 0 amide bonds. The molecule has 2 unspecified atom stereocenters. The zero-order valence-corrected chi connectivity index (χ0v) is 14.0. The number of rotatable bonds is 4. The Hall–Kier alpha value is -0.650. The van der Waals surface area contributed by atoms with E-state index in [2.05, 4.69) is 15.9 Å². The maximum atomic E-state index is 13.2. The van der Waals surface area contributed by atoms with Gasteiger partial charge >= 0.3 is 0 Å². The third kappa shape index (κ3) is 3.76. The maximum Gasteiger partial charge on any atom is 0.124 e. The van der Waals surface area contributed by atoms with Gasteiger partial charge in [0.2, 0.25) is 0 Å². The van der Waals surface area contributed by atoms with E-state index in [-0.39, 0.29) is 11.6 Å². The first-order valence-electron chi connectivity index (χ1n) is 6.22. The van der Waals surface area contributed by atoms with Crippen LogP contribution in [-0.2, 0) is 0 Å². The van der Waals surface area contributed by atoms with Gasteiger partial charge in [-0.15, -0.1) is 0 Å². The van der Waals surface area contributed by atoms with E-state index in [0.717, 1.165) is 4.47 Å². The van der Waals surface area contributed by atoms with Crippen LogP contribution in [0.2, 0.25) is 10.0 Å². The lowest BCUT2D eigenvalue weighted by Crippen LogP contribution is -2.21. The number of nitrogens with two attached hydrogens (primary N) is 1. The molecule has 0 fully saturated rings. The highest BCUT2D eigenvalue weighted by atomic mass is 79.9. The second-order valence-corrected chi connectivity index (χ2v) is 6.32. The molecule has 0 aliphatic rings. The molecule has 2 aromatic rings. The molecule has 0 radical (unpaired) electrons. The van der Waals surface area contributed by atoms with E-state index in [4.69, 9.17) is 28.9 Å². The quantitative estimate of drug-likeness (QED) is 0.793. The molecule has 0 saturated carbocycles. The normalized spacial score (nSPS) is 14.0. The van der Waals surface area contributed by atoms with Gasteiger partial charge in [0.05, 0.1) is 6.10 Å². The fourth-order valence-corrected chi connectivity index (χ4v) is 3.16. The Labute approximate surface area is 140 Å². The topological polar surface area (TPSA) is 46.2 Å². The lowest BCUT2D eigenvalue weighted by molar-refractivity contribution is 0.146. The van der Waals surface area contributed by atoms with E-state index in [1.54, 1.807) is 18.2 Å². The van der Waals surface area contributed by atoms with Crippen molar-refractivity contribution < 1.29 is 9.50 Å². The van der Waals surface area contributed by atoms with E-state index in [9.17, 15) is 9.50 Å². The van der Waals surface area contributed by atoms with Crippen molar-refractivity contribution in [3.8, 4) is 0 Å². The summed E-state index contributed by atoms with van der Waals surface area (Å²) >= 11 is 15.4. The fraction of sp³-hybridized carbons (Fsp3) is 0.200. The highest BCUT2D eigenvalue weighted by Crippen LogP contribution is 2.38. The minimum absolute atomic E-state index is 0.158. The zero-order chi connectivity index (χ0) is 15.6. The highest BCUT2D eigenvalue weighted by molar-refractivity contribution is 9.10. The predicted molar refractivity (Wildman–Crippen MR) is 87.3 cm³/mol. The Balaban J connectivity index is 2.43. The summed E-state index contributed by atoms with van der Waals surface area (Å²) in [5, 5.41) is 11.4. The number of aliphatic hydroxyl groups is 1. The van der Waals surface area contributed by atoms with Crippen molar-refractivity contribution in [1.29, 1.82) is 0 Å². The summed E-state index contributed by atoms with van der Waals surface area (Å²) in [5.41, 5.74) is 6.98. The summed E-state index contributed by atoms with van der Waals surface area (Å²) in [5.74, 6) is -0.897. The monoisotopic (exact) mass is 391 g/mol. The van der Waals surface area contributed by atoms with E-state index in [1.807, 2.05) is 0 Å². The van der Waals surface area contributed by atoms with Crippen LogP contribution in [0.4, 0.5) is 4.39 Å². The zero-order valence-electron chi connectivity index (χ0n) is 10.9. The third-order valence-electron chi connectivity index (χ3n) is 3.27. The van der Waals surface area contributed by atoms with Crippen LogP contribution in [-0.4, -0.2) is 11.7 Å². The van der Waals surface area contributed by atoms with Crippen molar-refractivity contribution in [2.75, 3.05) is 6.54 Å². The minimum atomic E-state index is -0.911. The van der Waals surface area contributed by atoms with Crippen LogP contribution in [0.3, 0.4) is 0 Å². The van der Waals surface area contributed by atoms with Crippen LogP contribution in [0, 0.1) is 5.82 Å². The molecule has 0 aliphatic heterocycles. The van der Waals surface area contributed by atoms with Crippen molar-refractivity contribution in [1.82, 2.24) is 0 Å². The first-order chi connectivity index (χ1) is 9.93. The molecular formula is C15H13BrCl2FNO. The largest absolute Gasteiger partial charge is 0.388 e. The van der Waals surface area contributed by atoms with Crippen molar-refractivity contribution >= 4 is 39.1 Å². The molecule has 0 aliphatic carbocycles. The summed E-state index contributed by atoms with van der Waals surface area (Å²) < 4.78 is 13.9. The Morgan fingerprint density at radius 3 is 2.48 bits per heavy atom. The molecule has 6 heteroatoms. The Morgan fingerprint density at radius 1 is 1.14 bits per heavy atom. The Bertz CT molecular complexity index is 654. The van der Waals surface area contributed by atoms with Crippen LogP contribution in [0.25, 0.3) is 0 Å². The molecule has 2 nitrogen and oxygen atoms in total. The first-order valence-corrected chi connectivity index (χ1v) is 7.77. The summed E-state index contributed by atoms with van der Waals surface area (Å²) in [4.78, 5) is 0.